The van der Waals surface area contributed by atoms with Crippen LogP contribution in [0.25, 0.3) is 16.9 Å². The first-order valence-electron chi connectivity index (χ1n) is 7.27. The molecule has 0 saturated carbocycles. The van der Waals surface area contributed by atoms with Gasteiger partial charge in [0.15, 0.2) is 0 Å². The van der Waals surface area contributed by atoms with E-state index < -0.39 is 5.51 Å². The normalized spacial score (nSPS) is 12.1. The smallest absolute Gasteiger partial charge is 0.367 e. The molecule has 0 aliphatic rings. The number of benzene rings is 1. The molecular weight excluding hydrogens is 375 g/mol. The summed E-state index contributed by atoms with van der Waals surface area (Å²) in [5, 5.41) is 7.33. The minimum Gasteiger partial charge on any atom is -0.367 e. The molecular formula is C15H13ClF3N5S. The summed E-state index contributed by atoms with van der Waals surface area (Å²) in [5.74, 6) is 0.704. The summed E-state index contributed by atoms with van der Waals surface area (Å²) in [5.41, 5.74) is -3.75. The predicted octanol–water partition coefficient (Wildman–Crippen LogP) is 4.88. The Labute approximate surface area is 150 Å². The van der Waals surface area contributed by atoms with E-state index in [4.69, 9.17) is 11.6 Å². The Balaban J connectivity index is 2.27. The van der Waals surface area contributed by atoms with E-state index in [0.29, 0.717) is 16.9 Å². The Hall–Kier alpha value is -2.00. The summed E-state index contributed by atoms with van der Waals surface area (Å²) in [6.45, 7) is 3.80. The average Bonchev–Trinajstić information content (AvgIpc) is 2.94. The van der Waals surface area contributed by atoms with Gasteiger partial charge in [-0.15, -0.1) is 0 Å². The molecule has 0 fully saturated rings. The van der Waals surface area contributed by atoms with Gasteiger partial charge in [0.25, 0.3) is 5.78 Å². The lowest BCUT2D eigenvalue weighted by Crippen LogP contribution is -2.15. The van der Waals surface area contributed by atoms with Crippen molar-refractivity contribution in [3.63, 3.8) is 0 Å². The van der Waals surface area contributed by atoms with E-state index in [1.165, 1.54) is 16.9 Å². The van der Waals surface area contributed by atoms with Crippen molar-refractivity contribution in [2.45, 2.75) is 30.3 Å². The molecule has 3 rings (SSSR count). The van der Waals surface area contributed by atoms with Gasteiger partial charge in [-0.05, 0) is 31.7 Å². The Bertz CT molecular complexity index is 910. The fourth-order valence-corrected chi connectivity index (χ4v) is 3.29. The molecule has 132 valence electrons. The fourth-order valence-electron chi connectivity index (χ4n) is 2.35. The molecule has 3 aromatic rings. The van der Waals surface area contributed by atoms with Gasteiger partial charge in [0.2, 0.25) is 0 Å². The summed E-state index contributed by atoms with van der Waals surface area (Å²) in [6.07, 6.45) is 1.31. The summed E-state index contributed by atoms with van der Waals surface area (Å²) < 4.78 is 40.2. The van der Waals surface area contributed by atoms with Gasteiger partial charge in [0.05, 0.1) is 5.56 Å². The topological polar surface area (TPSA) is 55.1 Å². The number of hydrogen-bond acceptors (Lipinski definition) is 5. The van der Waals surface area contributed by atoms with Crippen LogP contribution in [0.2, 0.25) is 5.15 Å². The van der Waals surface area contributed by atoms with E-state index in [-0.39, 0.29) is 33.6 Å². The van der Waals surface area contributed by atoms with E-state index in [1.54, 1.807) is 18.2 Å². The van der Waals surface area contributed by atoms with E-state index in [0.717, 1.165) is 0 Å². The number of fused-ring (bicyclic) bond motifs is 1. The number of rotatable bonds is 4. The molecule has 0 spiro atoms. The molecule has 0 aliphatic carbocycles. The number of halogens is 4. The van der Waals surface area contributed by atoms with Crippen LogP contribution in [0.15, 0.2) is 35.5 Å². The molecule has 0 radical (unpaired) electrons. The van der Waals surface area contributed by atoms with Crippen LogP contribution in [-0.4, -0.2) is 31.1 Å². The number of thioether (sulfide) groups is 1. The molecule has 10 heteroatoms. The zero-order valence-corrected chi connectivity index (χ0v) is 14.7. The third kappa shape index (κ3) is 3.82. The zero-order chi connectivity index (χ0) is 18.2. The van der Waals surface area contributed by atoms with Crippen LogP contribution in [0.5, 0.6) is 0 Å². The Morgan fingerprint density at radius 2 is 1.96 bits per heavy atom. The summed E-state index contributed by atoms with van der Waals surface area (Å²) in [7, 11) is 0. The maximum atomic E-state index is 12.9. The van der Waals surface area contributed by atoms with Crippen molar-refractivity contribution in [1.82, 2.24) is 19.6 Å². The van der Waals surface area contributed by atoms with Gasteiger partial charge in [-0.2, -0.15) is 32.8 Å². The molecule has 0 atom stereocenters. The minimum atomic E-state index is -4.42. The molecule has 1 aromatic carbocycles. The first-order valence-corrected chi connectivity index (χ1v) is 8.46. The molecule has 25 heavy (non-hydrogen) atoms. The zero-order valence-electron chi connectivity index (χ0n) is 13.2. The Morgan fingerprint density at radius 3 is 2.64 bits per heavy atom. The summed E-state index contributed by atoms with van der Waals surface area (Å²) in [6, 6.07) is 6.16. The van der Waals surface area contributed by atoms with Gasteiger partial charge >= 0.3 is 5.51 Å². The SMILES string of the molecule is CC(C)Nc1c(-c2ccccc2SC(F)(F)F)c(Cl)nc2ncnn12. The molecule has 0 unspecified atom stereocenters. The second-order valence-electron chi connectivity index (χ2n) is 5.44. The summed E-state index contributed by atoms with van der Waals surface area (Å²) >= 11 is 6.11. The molecule has 5 nitrogen and oxygen atoms in total. The highest BCUT2D eigenvalue weighted by atomic mass is 35.5. The number of aromatic nitrogens is 4. The quantitative estimate of drug-likeness (QED) is 0.511. The fraction of sp³-hybridized carbons (Fsp3) is 0.267. The van der Waals surface area contributed by atoms with E-state index >= 15 is 0 Å². The molecule has 0 bridgehead atoms. The van der Waals surface area contributed by atoms with Crippen molar-refractivity contribution < 1.29 is 13.2 Å². The lowest BCUT2D eigenvalue weighted by Gasteiger charge is -2.18. The maximum Gasteiger partial charge on any atom is 0.446 e. The number of alkyl halides is 3. The van der Waals surface area contributed by atoms with Gasteiger partial charge < -0.3 is 5.32 Å². The first kappa shape index (κ1) is 17.8. The van der Waals surface area contributed by atoms with E-state index in [2.05, 4.69) is 20.4 Å². The van der Waals surface area contributed by atoms with Crippen LogP contribution in [-0.2, 0) is 0 Å². The van der Waals surface area contributed by atoms with Crippen molar-refractivity contribution in [3.05, 3.63) is 35.7 Å². The third-order valence-corrected chi connectivity index (χ3v) is 4.27. The van der Waals surface area contributed by atoms with Gasteiger partial charge in [-0.1, -0.05) is 29.8 Å². The van der Waals surface area contributed by atoms with Crippen LogP contribution >= 0.6 is 23.4 Å². The first-order chi connectivity index (χ1) is 11.8. The van der Waals surface area contributed by atoms with Crippen molar-refractivity contribution >= 4 is 35.0 Å². The van der Waals surface area contributed by atoms with Crippen molar-refractivity contribution in [1.29, 1.82) is 0 Å². The number of nitrogens with one attached hydrogen (secondary N) is 1. The van der Waals surface area contributed by atoms with Gasteiger partial charge in [0.1, 0.15) is 17.3 Å². The predicted molar refractivity (Wildman–Crippen MR) is 91.9 cm³/mol. The standard InChI is InChI=1S/C15H13ClF3N5S/c1-8(2)22-13-11(12(16)23-14-20-7-21-24(13)14)9-5-3-4-6-10(9)25-15(17,18)19/h3-8,22H,1-2H3. The largest absolute Gasteiger partial charge is 0.446 e. The van der Waals surface area contributed by atoms with Crippen LogP contribution in [0.3, 0.4) is 0 Å². The van der Waals surface area contributed by atoms with Crippen LogP contribution in [0, 0.1) is 0 Å². The third-order valence-electron chi connectivity index (χ3n) is 3.19. The van der Waals surface area contributed by atoms with Crippen LogP contribution in [0.1, 0.15) is 13.8 Å². The minimum absolute atomic E-state index is 0.00736. The van der Waals surface area contributed by atoms with Crippen LogP contribution < -0.4 is 5.32 Å². The second kappa shape index (κ2) is 6.72. The van der Waals surface area contributed by atoms with E-state index in [9.17, 15) is 13.2 Å². The Kier molecular flexibility index (Phi) is 4.79. The highest BCUT2D eigenvalue weighted by Crippen LogP contribution is 2.44. The van der Waals surface area contributed by atoms with Crippen molar-refractivity contribution in [2.75, 3.05) is 5.32 Å². The van der Waals surface area contributed by atoms with Gasteiger partial charge in [0, 0.05) is 16.5 Å². The summed E-state index contributed by atoms with van der Waals surface area (Å²) in [4.78, 5) is 8.17. The lowest BCUT2D eigenvalue weighted by atomic mass is 10.1. The highest BCUT2D eigenvalue weighted by Gasteiger charge is 2.31. The monoisotopic (exact) mass is 387 g/mol. The molecule has 2 aromatic heterocycles. The van der Waals surface area contributed by atoms with Crippen molar-refractivity contribution in [3.8, 4) is 11.1 Å². The highest BCUT2D eigenvalue weighted by molar-refractivity contribution is 8.00. The van der Waals surface area contributed by atoms with E-state index in [1.807, 2.05) is 13.8 Å². The van der Waals surface area contributed by atoms with Crippen LogP contribution in [0.4, 0.5) is 19.0 Å². The molecule has 1 N–H and O–H groups in total. The van der Waals surface area contributed by atoms with Crippen molar-refractivity contribution in [2.24, 2.45) is 0 Å². The Morgan fingerprint density at radius 1 is 1.24 bits per heavy atom. The number of hydrogen-bond donors (Lipinski definition) is 1. The lowest BCUT2D eigenvalue weighted by molar-refractivity contribution is -0.0328. The molecule has 0 amide bonds. The second-order valence-corrected chi connectivity index (χ2v) is 6.91. The molecule has 0 aliphatic heterocycles. The van der Waals surface area contributed by atoms with Gasteiger partial charge in [-0.3, -0.25) is 0 Å². The van der Waals surface area contributed by atoms with Gasteiger partial charge in [-0.25, -0.2) is 0 Å². The average molecular weight is 388 g/mol. The number of anilines is 1. The molecule has 0 saturated heterocycles. The maximum absolute atomic E-state index is 12.9. The molecule has 2 heterocycles. The number of nitrogens with zero attached hydrogens (tertiary/aromatic N) is 4.